The molecule has 0 amide bonds. The molecule has 0 fully saturated rings. The Labute approximate surface area is 160 Å². The van der Waals surface area contributed by atoms with Crippen LogP contribution in [-0.4, -0.2) is 24.0 Å². The zero-order valence-corrected chi connectivity index (χ0v) is 16.5. The highest BCUT2D eigenvalue weighted by molar-refractivity contribution is 5.46. The number of aromatic nitrogens is 2. The summed E-state index contributed by atoms with van der Waals surface area (Å²) < 4.78 is 13.0. The number of aryl methyl sites for hydroxylation is 1. The third-order valence-corrected chi connectivity index (χ3v) is 4.81. The lowest BCUT2D eigenvalue weighted by atomic mass is 10.1. The van der Waals surface area contributed by atoms with Gasteiger partial charge in [0.15, 0.2) is 11.5 Å². The van der Waals surface area contributed by atoms with E-state index in [9.17, 15) is 0 Å². The van der Waals surface area contributed by atoms with Gasteiger partial charge < -0.3 is 14.8 Å². The normalized spacial score (nSPS) is 10.8. The second-order valence-corrected chi connectivity index (χ2v) is 6.55. The van der Waals surface area contributed by atoms with Crippen molar-refractivity contribution < 1.29 is 9.47 Å². The number of ether oxygens (including phenoxy) is 2. The van der Waals surface area contributed by atoms with Gasteiger partial charge in [0.05, 0.1) is 26.5 Å². The molecule has 2 aromatic carbocycles. The Morgan fingerprint density at radius 2 is 1.70 bits per heavy atom. The lowest BCUT2D eigenvalue weighted by Crippen LogP contribution is -2.15. The second kappa shape index (κ2) is 8.73. The van der Waals surface area contributed by atoms with E-state index in [2.05, 4.69) is 48.1 Å². The van der Waals surface area contributed by atoms with Crippen molar-refractivity contribution in [2.45, 2.75) is 33.5 Å². The largest absolute Gasteiger partial charge is 0.493 e. The van der Waals surface area contributed by atoms with E-state index in [-0.39, 0.29) is 0 Å². The minimum absolute atomic E-state index is 0.698. The molecule has 3 aromatic rings. The minimum atomic E-state index is 0.698. The van der Waals surface area contributed by atoms with Crippen molar-refractivity contribution in [3.63, 3.8) is 0 Å². The van der Waals surface area contributed by atoms with Gasteiger partial charge in [0.2, 0.25) is 0 Å². The SMILES string of the molecule is COc1cccc(CNCc2c(C)nn(Cc3ccccc3)c2C)c1OC. The first-order chi connectivity index (χ1) is 13.1. The second-order valence-electron chi connectivity index (χ2n) is 6.55. The van der Waals surface area contributed by atoms with Gasteiger partial charge in [-0.2, -0.15) is 5.10 Å². The predicted octanol–water partition coefficient (Wildman–Crippen LogP) is 3.86. The van der Waals surface area contributed by atoms with E-state index in [0.29, 0.717) is 6.54 Å². The van der Waals surface area contributed by atoms with Gasteiger partial charge in [-0.15, -0.1) is 0 Å². The van der Waals surface area contributed by atoms with Gasteiger partial charge in [0, 0.05) is 29.9 Å². The van der Waals surface area contributed by atoms with Gasteiger partial charge in [-0.3, -0.25) is 4.68 Å². The van der Waals surface area contributed by atoms with Crippen molar-refractivity contribution in [1.29, 1.82) is 0 Å². The molecule has 0 aliphatic carbocycles. The monoisotopic (exact) mass is 365 g/mol. The van der Waals surface area contributed by atoms with Crippen LogP contribution in [0.4, 0.5) is 0 Å². The molecule has 27 heavy (non-hydrogen) atoms. The molecule has 0 spiro atoms. The maximum absolute atomic E-state index is 5.51. The van der Waals surface area contributed by atoms with E-state index in [1.807, 2.05) is 24.3 Å². The number of hydrogen-bond acceptors (Lipinski definition) is 4. The third-order valence-electron chi connectivity index (χ3n) is 4.81. The summed E-state index contributed by atoms with van der Waals surface area (Å²) in [5.74, 6) is 1.53. The summed E-state index contributed by atoms with van der Waals surface area (Å²) in [5.41, 5.74) is 5.83. The number of hydrogen-bond donors (Lipinski definition) is 1. The standard InChI is InChI=1S/C22H27N3O2/c1-16-20(17(2)25(24-16)15-18-9-6-5-7-10-18)14-23-13-19-11-8-12-21(26-3)22(19)27-4/h5-12,23H,13-15H2,1-4H3. The van der Waals surface area contributed by atoms with Crippen LogP contribution in [0.1, 0.15) is 28.1 Å². The Morgan fingerprint density at radius 3 is 2.41 bits per heavy atom. The van der Waals surface area contributed by atoms with Crippen LogP contribution in [0.3, 0.4) is 0 Å². The first-order valence-electron chi connectivity index (χ1n) is 9.11. The van der Waals surface area contributed by atoms with E-state index in [0.717, 1.165) is 35.8 Å². The fourth-order valence-electron chi connectivity index (χ4n) is 3.32. The Balaban J connectivity index is 1.69. The Morgan fingerprint density at radius 1 is 0.926 bits per heavy atom. The number of nitrogens with one attached hydrogen (secondary N) is 1. The smallest absolute Gasteiger partial charge is 0.165 e. The fraction of sp³-hybridized carbons (Fsp3) is 0.318. The van der Waals surface area contributed by atoms with Crippen LogP contribution in [0, 0.1) is 13.8 Å². The Bertz CT molecular complexity index is 888. The summed E-state index contributed by atoms with van der Waals surface area (Å²) in [7, 11) is 3.33. The zero-order chi connectivity index (χ0) is 19.2. The van der Waals surface area contributed by atoms with Crippen LogP contribution in [-0.2, 0) is 19.6 Å². The van der Waals surface area contributed by atoms with Crippen molar-refractivity contribution in [3.05, 3.63) is 76.6 Å². The lowest BCUT2D eigenvalue weighted by Gasteiger charge is -2.13. The van der Waals surface area contributed by atoms with Gasteiger partial charge in [-0.05, 0) is 25.5 Å². The van der Waals surface area contributed by atoms with E-state index in [4.69, 9.17) is 14.6 Å². The molecule has 1 N–H and O–H groups in total. The van der Waals surface area contributed by atoms with Crippen LogP contribution >= 0.6 is 0 Å². The fourth-order valence-corrected chi connectivity index (χ4v) is 3.32. The highest BCUT2D eigenvalue weighted by atomic mass is 16.5. The minimum Gasteiger partial charge on any atom is -0.493 e. The summed E-state index contributed by atoms with van der Waals surface area (Å²) in [5, 5.41) is 8.24. The molecular weight excluding hydrogens is 338 g/mol. The topological polar surface area (TPSA) is 48.3 Å². The summed E-state index contributed by atoms with van der Waals surface area (Å²) in [4.78, 5) is 0. The first kappa shape index (κ1) is 19.0. The van der Waals surface area contributed by atoms with Crippen molar-refractivity contribution in [3.8, 4) is 11.5 Å². The molecule has 0 unspecified atom stereocenters. The summed E-state index contributed by atoms with van der Waals surface area (Å²) >= 11 is 0. The molecule has 1 aromatic heterocycles. The molecule has 1 heterocycles. The number of para-hydroxylation sites is 1. The molecule has 0 aliphatic heterocycles. The van der Waals surface area contributed by atoms with Gasteiger partial charge in [0.1, 0.15) is 0 Å². The average molecular weight is 365 g/mol. The maximum Gasteiger partial charge on any atom is 0.165 e. The molecule has 0 saturated heterocycles. The molecule has 0 aliphatic rings. The molecule has 0 bridgehead atoms. The van der Waals surface area contributed by atoms with Crippen molar-refractivity contribution >= 4 is 0 Å². The van der Waals surface area contributed by atoms with Gasteiger partial charge in [-0.25, -0.2) is 0 Å². The number of benzene rings is 2. The van der Waals surface area contributed by atoms with Crippen molar-refractivity contribution in [2.75, 3.05) is 14.2 Å². The van der Waals surface area contributed by atoms with Crippen molar-refractivity contribution in [1.82, 2.24) is 15.1 Å². The molecule has 3 rings (SSSR count). The summed E-state index contributed by atoms with van der Waals surface area (Å²) in [6.45, 7) is 6.44. The Hall–Kier alpha value is -2.79. The molecule has 5 heteroatoms. The first-order valence-corrected chi connectivity index (χ1v) is 9.11. The van der Waals surface area contributed by atoms with Crippen LogP contribution in [0.5, 0.6) is 11.5 Å². The van der Waals surface area contributed by atoms with E-state index >= 15 is 0 Å². The van der Waals surface area contributed by atoms with Crippen LogP contribution in [0.15, 0.2) is 48.5 Å². The quantitative estimate of drug-likeness (QED) is 0.659. The molecule has 5 nitrogen and oxygen atoms in total. The summed E-state index contributed by atoms with van der Waals surface area (Å²) in [6, 6.07) is 16.3. The molecule has 0 saturated carbocycles. The van der Waals surface area contributed by atoms with Crippen molar-refractivity contribution in [2.24, 2.45) is 0 Å². The van der Waals surface area contributed by atoms with E-state index < -0.39 is 0 Å². The van der Waals surface area contributed by atoms with Crippen LogP contribution < -0.4 is 14.8 Å². The maximum atomic E-state index is 5.51. The van der Waals surface area contributed by atoms with Crippen LogP contribution in [0.25, 0.3) is 0 Å². The zero-order valence-electron chi connectivity index (χ0n) is 16.5. The summed E-state index contributed by atoms with van der Waals surface area (Å²) in [6.07, 6.45) is 0. The van der Waals surface area contributed by atoms with Gasteiger partial charge >= 0.3 is 0 Å². The lowest BCUT2D eigenvalue weighted by molar-refractivity contribution is 0.350. The molecular formula is C22H27N3O2. The third kappa shape index (κ3) is 4.31. The number of methoxy groups -OCH3 is 2. The highest BCUT2D eigenvalue weighted by Crippen LogP contribution is 2.30. The van der Waals surface area contributed by atoms with Crippen LogP contribution in [0.2, 0.25) is 0 Å². The number of rotatable bonds is 8. The number of nitrogens with zero attached hydrogens (tertiary/aromatic N) is 2. The van der Waals surface area contributed by atoms with Gasteiger partial charge in [0.25, 0.3) is 0 Å². The molecule has 142 valence electrons. The molecule has 0 radical (unpaired) electrons. The predicted molar refractivity (Wildman–Crippen MR) is 107 cm³/mol. The highest BCUT2D eigenvalue weighted by Gasteiger charge is 2.13. The van der Waals surface area contributed by atoms with E-state index in [1.165, 1.54) is 16.8 Å². The molecule has 0 atom stereocenters. The average Bonchev–Trinajstić information content (AvgIpc) is 2.95. The van der Waals surface area contributed by atoms with Gasteiger partial charge in [-0.1, -0.05) is 42.5 Å². The van der Waals surface area contributed by atoms with E-state index in [1.54, 1.807) is 14.2 Å². The Kier molecular flexibility index (Phi) is 6.14.